The van der Waals surface area contributed by atoms with E-state index in [0.29, 0.717) is 49.4 Å². The van der Waals surface area contributed by atoms with E-state index in [1.807, 2.05) is 0 Å². The van der Waals surface area contributed by atoms with Crippen molar-refractivity contribution in [3.05, 3.63) is 250 Å². The van der Waals surface area contributed by atoms with Gasteiger partial charge in [0.05, 0.1) is 57.8 Å². The molecule has 6 amide bonds. The van der Waals surface area contributed by atoms with Crippen molar-refractivity contribution in [2.24, 2.45) is 0 Å². The number of hydrogen-bond acceptors (Lipinski definition) is 11. The smallest absolute Gasteiger partial charge is 0.230 e. The van der Waals surface area contributed by atoms with E-state index in [1.165, 1.54) is 134 Å². The molecule has 0 spiro atoms. The molecule has 0 atom stereocenters. The van der Waals surface area contributed by atoms with Crippen molar-refractivity contribution in [1.82, 2.24) is 15.0 Å². The summed E-state index contributed by atoms with van der Waals surface area (Å²) in [6.07, 6.45) is 4.74. The van der Waals surface area contributed by atoms with E-state index in [2.05, 4.69) is 41.5 Å². The summed E-state index contributed by atoms with van der Waals surface area (Å²) in [7, 11) is -3.46. The fourth-order valence-corrected chi connectivity index (χ4v) is 11.2. The van der Waals surface area contributed by atoms with Gasteiger partial charge in [0.15, 0.2) is 9.84 Å². The van der Waals surface area contributed by atoms with Gasteiger partial charge in [0.1, 0.15) is 40.7 Å². The van der Waals surface area contributed by atoms with Crippen LogP contribution in [0.3, 0.4) is 0 Å². The molecule has 9 rings (SSSR count). The fraction of sp³-hybridized carbons (Fsp3) is 0.109. The number of nitrogens with zero attached hydrogens (tertiary/aromatic N) is 4. The van der Waals surface area contributed by atoms with E-state index in [1.54, 1.807) is 30.3 Å². The lowest BCUT2D eigenvalue weighted by Gasteiger charge is -2.22. The molecular formula is C64H48Cl7F4N9O8S. The number of carbonyl (C=O) groups excluding carboxylic acids is 6. The van der Waals surface area contributed by atoms with Gasteiger partial charge in [-0.1, -0.05) is 118 Å². The largest absolute Gasteiger partial charge is 0.326 e. The Kier molecular flexibility index (Phi) is 25.6. The minimum Gasteiger partial charge on any atom is -0.326 e. The molecule has 5 N–H and O–H groups in total. The molecule has 3 aromatic heterocycles. The zero-order chi connectivity index (χ0) is 67.7. The van der Waals surface area contributed by atoms with Crippen molar-refractivity contribution in [2.75, 3.05) is 37.7 Å². The lowest BCUT2D eigenvalue weighted by molar-refractivity contribution is -0.116. The first-order chi connectivity index (χ1) is 44.1. The van der Waals surface area contributed by atoms with Crippen LogP contribution in [-0.2, 0) is 70.7 Å². The Labute approximate surface area is 564 Å². The topological polar surface area (TPSA) is 239 Å². The Morgan fingerprint density at radius 2 is 0.914 bits per heavy atom. The Hall–Kier alpha value is -8.71. The molecule has 0 aliphatic carbocycles. The van der Waals surface area contributed by atoms with Gasteiger partial charge < -0.3 is 26.6 Å². The van der Waals surface area contributed by atoms with Crippen molar-refractivity contribution in [2.45, 2.75) is 43.9 Å². The fourth-order valence-electron chi connectivity index (χ4n) is 8.44. The lowest BCUT2D eigenvalue weighted by Crippen LogP contribution is -2.24. The molecule has 0 aliphatic rings. The van der Waals surface area contributed by atoms with Gasteiger partial charge in [-0.3, -0.25) is 33.7 Å². The second-order valence-electron chi connectivity index (χ2n) is 19.7. The highest BCUT2D eigenvalue weighted by Crippen LogP contribution is 2.34. The molecule has 480 valence electrons. The molecular weight excluding hydrogens is 1380 g/mol. The van der Waals surface area contributed by atoms with Gasteiger partial charge in [-0.05, 0) is 113 Å². The maximum absolute atomic E-state index is 13.9. The third-order valence-corrected chi connectivity index (χ3v) is 16.4. The average Bonchev–Trinajstić information content (AvgIpc) is 1.01. The van der Waals surface area contributed by atoms with Crippen molar-refractivity contribution in [1.29, 1.82) is 0 Å². The number of benzene rings is 6. The number of nitrogens with one attached hydrogen (secondary N) is 5. The first kappa shape index (κ1) is 71.7. The number of sulfone groups is 1. The summed E-state index contributed by atoms with van der Waals surface area (Å²) >= 11 is 42.1. The van der Waals surface area contributed by atoms with Crippen LogP contribution in [0, 0.1) is 23.3 Å². The summed E-state index contributed by atoms with van der Waals surface area (Å²) in [5.41, 5.74) is 3.31. The highest BCUT2D eigenvalue weighted by Gasteiger charge is 2.22. The summed E-state index contributed by atoms with van der Waals surface area (Å²) in [6.45, 7) is 1.30. The van der Waals surface area contributed by atoms with Crippen molar-refractivity contribution >= 4 is 167 Å². The van der Waals surface area contributed by atoms with Crippen LogP contribution in [0.5, 0.6) is 0 Å². The van der Waals surface area contributed by atoms with Gasteiger partial charge in [0, 0.05) is 92.7 Å². The molecule has 17 nitrogen and oxygen atoms in total. The Bertz CT molecular complexity index is 4410. The van der Waals surface area contributed by atoms with Crippen LogP contribution >= 0.6 is 81.2 Å². The normalized spacial score (nSPS) is 10.8. The number of anilines is 7. The third-order valence-electron chi connectivity index (χ3n) is 12.7. The summed E-state index contributed by atoms with van der Waals surface area (Å²) in [5.74, 6) is -4.10. The molecule has 0 unspecified atom stereocenters. The summed E-state index contributed by atoms with van der Waals surface area (Å²) in [5, 5.41) is 14.2. The molecule has 0 saturated carbocycles. The van der Waals surface area contributed by atoms with Crippen LogP contribution in [0.25, 0.3) is 0 Å². The van der Waals surface area contributed by atoms with Gasteiger partial charge in [0.2, 0.25) is 35.4 Å². The maximum atomic E-state index is 13.9. The van der Waals surface area contributed by atoms with Crippen LogP contribution in [-0.4, -0.2) is 65.1 Å². The van der Waals surface area contributed by atoms with Crippen LogP contribution in [0.15, 0.2) is 169 Å². The first-order valence-corrected chi connectivity index (χ1v) is 31.5. The third kappa shape index (κ3) is 21.4. The monoisotopic (exact) mass is 1420 g/mol. The van der Waals surface area contributed by atoms with Crippen LogP contribution in [0.1, 0.15) is 34.7 Å². The SMILES string of the molecule is CC(=O)N(c1cc(NC(=O)Cc2c(F)cccc2Cl)ccn1)c1ccc(F)cc1Cl.CS(=O)(=O)c1ccc(CC(=O)Nc2cc(NC(=O)Cc3c(Cl)cccc3Cl)ccn2)cc1Cl.O=C(Cc1cccc(F)c1Cl)Nc1ccnc(NC(=O)Cc2ccc(F)cc2Cl)c1. The van der Waals surface area contributed by atoms with Crippen LogP contribution < -0.4 is 31.5 Å². The molecule has 0 fully saturated rings. The second-order valence-corrected chi connectivity index (χ2v) is 24.5. The first-order valence-electron chi connectivity index (χ1n) is 26.9. The number of rotatable bonds is 18. The Morgan fingerprint density at radius 1 is 0.441 bits per heavy atom. The van der Waals surface area contributed by atoms with Crippen molar-refractivity contribution in [3.8, 4) is 0 Å². The molecule has 0 bridgehead atoms. The van der Waals surface area contributed by atoms with E-state index in [4.69, 9.17) is 81.2 Å². The van der Waals surface area contributed by atoms with E-state index in [-0.39, 0.29) is 96.7 Å². The summed E-state index contributed by atoms with van der Waals surface area (Å²) < 4.78 is 77.2. The van der Waals surface area contributed by atoms with Crippen LogP contribution in [0.2, 0.25) is 35.2 Å². The van der Waals surface area contributed by atoms with Gasteiger partial charge >= 0.3 is 0 Å². The predicted octanol–water partition coefficient (Wildman–Crippen LogP) is 15.4. The Balaban J connectivity index is 0.000000198. The zero-order valence-electron chi connectivity index (χ0n) is 48.2. The molecule has 6 aromatic carbocycles. The Morgan fingerprint density at radius 3 is 1.46 bits per heavy atom. The summed E-state index contributed by atoms with van der Waals surface area (Å²) in [4.78, 5) is 87.3. The van der Waals surface area contributed by atoms with Gasteiger partial charge in [0.25, 0.3) is 0 Å². The van der Waals surface area contributed by atoms with Crippen molar-refractivity contribution in [3.63, 3.8) is 0 Å². The molecule has 93 heavy (non-hydrogen) atoms. The van der Waals surface area contributed by atoms with Gasteiger partial charge in [-0.15, -0.1) is 0 Å². The molecule has 29 heteroatoms. The quantitative estimate of drug-likeness (QED) is 0.0506. The number of carbonyl (C=O) groups is 6. The van der Waals surface area contributed by atoms with Gasteiger partial charge in [-0.2, -0.15) is 0 Å². The van der Waals surface area contributed by atoms with Crippen molar-refractivity contribution < 1.29 is 54.7 Å². The average molecular weight is 1430 g/mol. The van der Waals surface area contributed by atoms with E-state index in [0.717, 1.165) is 18.4 Å². The maximum Gasteiger partial charge on any atom is 0.230 e. The van der Waals surface area contributed by atoms with E-state index < -0.39 is 62.6 Å². The highest BCUT2D eigenvalue weighted by atomic mass is 35.5. The lowest BCUT2D eigenvalue weighted by atomic mass is 10.1. The van der Waals surface area contributed by atoms with Gasteiger partial charge in [-0.25, -0.2) is 40.9 Å². The highest BCUT2D eigenvalue weighted by molar-refractivity contribution is 7.90. The number of amides is 6. The van der Waals surface area contributed by atoms with Crippen LogP contribution in [0.4, 0.5) is 57.8 Å². The molecule has 3 heterocycles. The number of hydrogen-bond donors (Lipinski definition) is 5. The number of halogens is 11. The second kappa shape index (κ2) is 33.2. The minimum absolute atomic E-state index is 0.00323. The number of aromatic nitrogens is 3. The molecule has 0 saturated heterocycles. The molecule has 0 aliphatic heterocycles. The predicted molar refractivity (Wildman–Crippen MR) is 354 cm³/mol. The minimum atomic E-state index is -3.46. The standard InChI is InChI=1S/C22H18Cl3N3O4S.2C21H15Cl2F2N3O2/c1-33(31,32)19-6-5-13(9-18(19)25)10-21(29)28-20-11-14(7-8-26-20)27-22(30)12-15-16(23)3-2-4-17(15)24;1-12(29)28(19-6-5-13(24)9-17(19)23)20-10-14(7-8-26-20)27-21(30)11-15-16(22)3-2-4-18(15)25;22-16-10-14(24)5-4-12(16)8-20(30)28-18-11-15(6-7-26-18)27-19(29)9-13-2-1-3-17(25)21(13)23/h2-9,11H,10,12H2,1H3,(H2,26,27,28,29,30);2-10H,11H2,1H3,(H,26,27,30);1-7,10-11H,8-9H2,(H2,26,27,28,29,30). The molecule has 9 aromatic rings. The van der Waals surface area contributed by atoms with E-state index >= 15 is 0 Å². The zero-order valence-corrected chi connectivity index (χ0v) is 54.4. The molecule has 0 radical (unpaired) electrons. The number of pyridine rings is 3. The summed E-state index contributed by atoms with van der Waals surface area (Å²) in [6, 6.07) is 34.1. The van der Waals surface area contributed by atoms with E-state index in [9.17, 15) is 54.7 Å².